The lowest BCUT2D eigenvalue weighted by atomic mass is 10.0. The van der Waals surface area contributed by atoms with Crippen molar-refractivity contribution in [3.8, 4) is 0 Å². The smallest absolute Gasteiger partial charge is 0.404 e. The van der Waals surface area contributed by atoms with E-state index >= 15 is 0 Å². The van der Waals surface area contributed by atoms with Crippen LogP contribution in [0.1, 0.15) is 41.5 Å². The minimum atomic E-state index is -0.984. The summed E-state index contributed by atoms with van der Waals surface area (Å²) < 4.78 is 0. The summed E-state index contributed by atoms with van der Waals surface area (Å²) in [6.07, 6.45) is 3.00. The molecular formula is C13H25NO2. The van der Waals surface area contributed by atoms with E-state index in [-0.39, 0.29) is 0 Å². The molecular weight excluding hydrogens is 202 g/mol. The first-order valence-corrected chi connectivity index (χ1v) is 5.74. The van der Waals surface area contributed by atoms with Crippen molar-refractivity contribution in [1.82, 2.24) is 5.32 Å². The second-order valence-electron chi connectivity index (χ2n) is 3.74. The molecule has 0 aromatic rings. The average molecular weight is 227 g/mol. The van der Waals surface area contributed by atoms with Crippen LogP contribution in [0.15, 0.2) is 23.3 Å². The summed E-state index contributed by atoms with van der Waals surface area (Å²) in [6.45, 7) is 12.6. The lowest BCUT2D eigenvalue weighted by Crippen LogP contribution is -2.22. The number of nitrogens with one attached hydrogen (secondary N) is 1. The molecule has 0 saturated carbocycles. The minimum absolute atomic E-state index is 0.386. The van der Waals surface area contributed by atoms with Crippen molar-refractivity contribution in [2.45, 2.75) is 41.5 Å². The molecule has 0 bridgehead atoms. The number of hydrogen-bond donors (Lipinski definition) is 2. The van der Waals surface area contributed by atoms with Crippen LogP contribution in [0.4, 0.5) is 4.79 Å². The van der Waals surface area contributed by atoms with E-state index in [1.54, 1.807) is 0 Å². The zero-order chi connectivity index (χ0) is 13.1. The van der Waals surface area contributed by atoms with Crippen LogP contribution in [0.25, 0.3) is 0 Å². The summed E-state index contributed by atoms with van der Waals surface area (Å²) >= 11 is 0. The Morgan fingerprint density at radius 1 is 1.25 bits per heavy atom. The van der Waals surface area contributed by atoms with Gasteiger partial charge in [0.25, 0.3) is 0 Å². The minimum Gasteiger partial charge on any atom is -0.465 e. The molecule has 1 amide bonds. The summed E-state index contributed by atoms with van der Waals surface area (Å²) in [6, 6.07) is 0. The maximum absolute atomic E-state index is 10.2. The molecule has 0 aliphatic heterocycles. The molecule has 0 radical (unpaired) electrons. The van der Waals surface area contributed by atoms with Crippen molar-refractivity contribution in [2.24, 2.45) is 5.92 Å². The Balaban J connectivity index is 0. The van der Waals surface area contributed by atoms with Gasteiger partial charge in [0.1, 0.15) is 0 Å². The van der Waals surface area contributed by atoms with Gasteiger partial charge in [0.15, 0.2) is 0 Å². The van der Waals surface area contributed by atoms with Crippen LogP contribution in [-0.4, -0.2) is 17.7 Å². The van der Waals surface area contributed by atoms with E-state index < -0.39 is 6.09 Å². The first kappa shape index (κ1) is 17.2. The molecule has 16 heavy (non-hydrogen) atoms. The van der Waals surface area contributed by atoms with Gasteiger partial charge < -0.3 is 10.4 Å². The third kappa shape index (κ3) is 10.8. The lowest BCUT2D eigenvalue weighted by Gasteiger charge is -2.03. The summed E-state index contributed by atoms with van der Waals surface area (Å²) in [4.78, 5) is 10.2. The second kappa shape index (κ2) is 10.3. The summed E-state index contributed by atoms with van der Waals surface area (Å²) in [5, 5.41) is 10.7. The van der Waals surface area contributed by atoms with Gasteiger partial charge in [-0.1, -0.05) is 51.0 Å². The quantitative estimate of drug-likeness (QED) is 0.717. The summed E-state index contributed by atoms with van der Waals surface area (Å²) in [7, 11) is 0. The first-order valence-electron chi connectivity index (χ1n) is 5.74. The SMILES string of the molecule is C/C(=C\C=C(/C)C(C)C)CNC(=O)O.CC. The maximum atomic E-state index is 10.2. The number of allylic oxidation sites excluding steroid dienone is 3. The first-order chi connectivity index (χ1) is 7.43. The molecule has 0 aliphatic carbocycles. The van der Waals surface area contributed by atoms with Crippen LogP contribution in [-0.2, 0) is 0 Å². The zero-order valence-electron chi connectivity index (χ0n) is 11.3. The molecule has 94 valence electrons. The van der Waals surface area contributed by atoms with E-state index in [1.165, 1.54) is 5.57 Å². The van der Waals surface area contributed by atoms with Gasteiger partial charge in [0.05, 0.1) is 0 Å². The monoisotopic (exact) mass is 227 g/mol. The molecule has 3 nitrogen and oxygen atoms in total. The highest BCUT2D eigenvalue weighted by Gasteiger charge is 1.95. The molecule has 0 rings (SSSR count). The predicted molar refractivity (Wildman–Crippen MR) is 69.7 cm³/mol. The van der Waals surface area contributed by atoms with Gasteiger partial charge in [-0.15, -0.1) is 0 Å². The van der Waals surface area contributed by atoms with Gasteiger partial charge >= 0.3 is 6.09 Å². The molecule has 0 heterocycles. The molecule has 0 fully saturated rings. The Labute approximate surface area is 99.3 Å². The van der Waals surface area contributed by atoms with Crippen LogP contribution in [0.5, 0.6) is 0 Å². The maximum Gasteiger partial charge on any atom is 0.404 e. The normalized spacial score (nSPS) is 11.9. The molecule has 0 aromatic carbocycles. The van der Waals surface area contributed by atoms with Gasteiger partial charge in [-0.2, -0.15) is 0 Å². The molecule has 3 heteroatoms. The third-order valence-electron chi connectivity index (χ3n) is 2.06. The standard InChI is InChI=1S/C11H19NO2.C2H6/c1-8(2)10(4)6-5-9(3)7-12-11(13)14;1-2/h5-6,8,12H,7H2,1-4H3,(H,13,14);1-2H3/b9-5+,10-6+;. The van der Waals surface area contributed by atoms with Gasteiger partial charge in [-0.05, 0) is 19.8 Å². The molecule has 2 N–H and O–H groups in total. The zero-order valence-corrected chi connectivity index (χ0v) is 11.3. The Morgan fingerprint density at radius 2 is 1.75 bits per heavy atom. The van der Waals surface area contributed by atoms with Gasteiger partial charge in [-0.25, -0.2) is 4.79 Å². The van der Waals surface area contributed by atoms with Crippen molar-refractivity contribution in [3.63, 3.8) is 0 Å². The number of amides is 1. The number of carboxylic acid groups (broad SMARTS) is 1. The van der Waals surface area contributed by atoms with Gasteiger partial charge in [-0.3, -0.25) is 0 Å². The van der Waals surface area contributed by atoms with Crippen LogP contribution < -0.4 is 5.32 Å². The van der Waals surface area contributed by atoms with Crippen molar-refractivity contribution >= 4 is 6.09 Å². The fourth-order valence-electron chi connectivity index (χ4n) is 0.740. The van der Waals surface area contributed by atoms with E-state index in [4.69, 9.17) is 5.11 Å². The van der Waals surface area contributed by atoms with Crippen LogP contribution in [0, 0.1) is 5.92 Å². The molecule has 0 spiro atoms. The van der Waals surface area contributed by atoms with E-state index in [0.29, 0.717) is 12.5 Å². The molecule has 0 saturated heterocycles. The van der Waals surface area contributed by atoms with Crippen molar-refractivity contribution in [3.05, 3.63) is 23.3 Å². The molecule has 0 unspecified atom stereocenters. The number of hydrogen-bond acceptors (Lipinski definition) is 1. The Morgan fingerprint density at radius 3 is 2.12 bits per heavy atom. The average Bonchev–Trinajstić information content (AvgIpc) is 2.25. The number of rotatable bonds is 4. The van der Waals surface area contributed by atoms with Crippen LogP contribution >= 0.6 is 0 Å². The van der Waals surface area contributed by atoms with Crippen molar-refractivity contribution in [2.75, 3.05) is 6.54 Å². The number of carbonyl (C=O) groups is 1. The highest BCUT2D eigenvalue weighted by Crippen LogP contribution is 2.08. The topological polar surface area (TPSA) is 49.3 Å². The fraction of sp³-hybridized carbons (Fsp3) is 0.615. The van der Waals surface area contributed by atoms with E-state index in [0.717, 1.165) is 5.57 Å². The Kier molecular flexibility index (Phi) is 11.0. The van der Waals surface area contributed by atoms with Crippen molar-refractivity contribution < 1.29 is 9.90 Å². The van der Waals surface area contributed by atoms with E-state index in [2.05, 4.69) is 26.1 Å². The van der Waals surface area contributed by atoms with E-state index in [9.17, 15) is 4.79 Å². The summed E-state index contributed by atoms with van der Waals surface area (Å²) in [5.41, 5.74) is 2.30. The van der Waals surface area contributed by atoms with Crippen LogP contribution in [0.3, 0.4) is 0 Å². The third-order valence-corrected chi connectivity index (χ3v) is 2.06. The molecule has 0 aromatic heterocycles. The highest BCUT2D eigenvalue weighted by atomic mass is 16.4. The highest BCUT2D eigenvalue weighted by molar-refractivity contribution is 5.64. The Bertz CT molecular complexity index is 253. The lowest BCUT2D eigenvalue weighted by molar-refractivity contribution is 0.195. The summed E-state index contributed by atoms with van der Waals surface area (Å²) in [5.74, 6) is 0.534. The second-order valence-corrected chi connectivity index (χ2v) is 3.74. The molecule has 0 atom stereocenters. The van der Waals surface area contributed by atoms with Gasteiger partial charge in [0.2, 0.25) is 0 Å². The predicted octanol–water partition coefficient (Wildman–Crippen LogP) is 3.83. The molecule has 0 aliphatic rings. The Hall–Kier alpha value is -1.25. The van der Waals surface area contributed by atoms with Gasteiger partial charge in [0, 0.05) is 6.54 Å². The largest absolute Gasteiger partial charge is 0.465 e. The van der Waals surface area contributed by atoms with E-state index in [1.807, 2.05) is 32.9 Å². The van der Waals surface area contributed by atoms with Crippen LogP contribution in [0.2, 0.25) is 0 Å². The fourth-order valence-corrected chi connectivity index (χ4v) is 0.740. The van der Waals surface area contributed by atoms with Crippen molar-refractivity contribution in [1.29, 1.82) is 0 Å².